The zero-order valence-corrected chi connectivity index (χ0v) is 10.6. The van der Waals surface area contributed by atoms with Gasteiger partial charge in [0.25, 0.3) is 0 Å². The number of thiophene rings is 1. The molecule has 0 radical (unpaired) electrons. The molecule has 0 saturated carbocycles. The average Bonchev–Trinajstić information content (AvgIpc) is 2.70. The first-order valence-corrected chi connectivity index (χ1v) is 6.13. The first-order valence-electron chi connectivity index (χ1n) is 4.52. The van der Waals surface area contributed by atoms with Crippen LogP contribution in [0.5, 0.6) is 0 Å². The zero-order valence-electron chi connectivity index (χ0n) is 8.16. The summed E-state index contributed by atoms with van der Waals surface area (Å²) in [4.78, 5) is 12.5. The number of benzene rings is 1. The van der Waals surface area contributed by atoms with E-state index in [1.807, 2.05) is 18.2 Å². The molecule has 0 unspecified atom stereocenters. The number of hydrogen-bond acceptors (Lipinski definition) is 2. The Morgan fingerprint density at radius 2 is 2.07 bits per heavy atom. The lowest BCUT2D eigenvalue weighted by Gasteiger charge is -2.02. The summed E-state index contributed by atoms with van der Waals surface area (Å²) in [5.74, 6) is 0. The number of carbonyl (C=O) groups is 1. The van der Waals surface area contributed by atoms with Gasteiger partial charge in [0, 0.05) is 14.9 Å². The highest BCUT2D eigenvalue weighted by molar-refractivity contribution is 9.10. The van der Waals surface area contributed by atoms with Crippen molar-refractivity contribution in [2.75, 3.05) is 0 Å². The Balaban J connectivity index is 2.52. The van der Waals surface area contributed by atoms with Crippen LogP contribution in [0.2, 0.25) is 0 Å². The van der Waals surface area contributed by atoms with Crippen LogP contribution in [-0.4, -0.2) is 6.29 Å². The van der Waals surface area contributed by atoms with Crippen molar-refractivity contribution >= 4 is 33.6 Å². The molecule has 0 saturated heterocycles. The lowest BCUT2D eigenvalue weighted by atomic mass is 10.1. The quantitative estimate of drug-likeness (QED) is 0.750. The zero-order chi connectivity index (χ0) is 10.8. The van der Waals surface area contributed by atoms with Crippen LogP contribution in [0.1, 0.15) is 15.2 Å². The highest BCUT2D eigenvalue weighted by Gasteiger charge is 2.06. The van der Waals surface area contributed by atoms with Crippen LogP contribution < -0.4 is 0 Å². The smallest absolute Gasteiger partial charge is 0.160 e. The molecule has 76 valence electrons. The Hall–Kier alpha value is -0.930. The molecule has 0 bridgehead atoms. The predicted octanol–water partition coefficient (Wildman–Crippen LogP) is 4.30. The van der Waals surface area contributed by atoms with Gasteiger partial charge in [-0.1, -0.05) is 27.6 Å². The Labute approximate surface area is 101 Å². The van der Waals surface area contributed by atoms with Crippen LogP contribution in [-0.2, 0) is 0 Å². The fourth-order valence-electron chi connectivity index (χ4n) is 1.39. The average molecular weight is 281 g/mol. The second-order valence-corrected chi connectivity index (χ2v) is 5.27. The summed E-state index contributed by atoms with van der Waals surface area (Å²) in [5, 5.41) is 0. The lowest BCUT2D eigenvalue weighted by molar-refractivity contribution is 0.112. The maximum absolute atomic E-state index is 10.6. The lowest BCUT2D eigenvalue weighted by Crippen LogP contribution is -1.77. The van der Waals surface area contributed by atoms with Crippen LogP contribution in [0.15, 0.2) is 34.8 Å². The van der Waals surface area contributed by atoms with E-state index in [9.17, 15) is 4.79 Å². The molecule has 15 heavy (non-hydrogen) atoms. The maximum Gasteiger partial charge on any atom is 0.160 e. The van der Waals surface area contributed by atoms with Crippen molar-refractivity contribution in [3.63, 3.8) is 0 Å². The van der Waals surface area contributed by atoms with E-state index in [-0.39, 0.29) is 0 Å². The topological polar surface area (TPSA) is 17.1 Å². The van der Waals surface area contributed by atoms with Crippen molar-refractivity contribution in [2.24, 2.45) is 0 Å². The van der Waals surface area contributed by atoms with Gasteiger partial charge < -0.3 is 0 Å². The van der Waals surface area contributed by atoms with Crippen LogP contribution >= 0.6 is 27.3 Å². The van der Waals surface area contributed by atoms with Crippen LogP contribution in [0.3, 0.4) is 0 Å². The van der Waals surface area contributed by atoms with E-state index in [4.69, 9.17) is 0 Å². The van der Waals surface area contributed by atoms with E-state index in [2.05, 4.69) is 35.0 Å². The number of aldehydes is 1. The fourth-order valence-corrected chi connectivity index (χ4v) is 2.83. The summed E-state index contributed by atoms with van der Waals surface area (Å²) in [6.07, 6.45) is 0.887. The van der Waals surface area contributed by atoms with Gasteiger partial charge in [0.05, 0.1) is 4.88 Å². The van der Waals surface area contributed by atoms with Crippen molar-refractivity contribution in [3.8, 4) is 10.4 Å². The van der Waals surface area contributed by atoms with Crippen molar-refractivity contribution < 1.29 is 4.79 Å². The second kappa shape index (κ2) is 4.29. The van der Waals surface area contributed by atoms with Crippen LogP contribution in [0.25, 0.3) is 10.4 Å². The minimum Gasteiger partial charge on any atom is -0.297 e. The van der Waals surface area contributed by atoms with Gasteiger partial charge in [0.1, 0.15) is 0 Å². The summed E-state index contributed by atoms with van der Waals surface area (Å²) < 4.78 is 1.06. The molecule has 1 aromatic heterocycles. The Morgan fingerprint density at radius 1 is 1.27 bits per heavy atom. The third kappa shape index (κ3) is 2.19. The van der Waals surface area contributed by atoms with Gasteiger partial charge in [-0.05, 0) is 31.2 Å². The normalized spacial score (nSPS) is 10.3. The largest absolute Gasteiger partial charge is 0.297 e. The molecule has 0 aliphatic carbocycles. The van der Waals surface area contributed by atoms with Gasteiger partial charge in [-0.25, -0.2) is 0 Å². The number of carbonyl (C=O) groups excluding carboxylic acids is 1. The molecular formula is C12H9BrOS. The molecule has 0 N–H and O–H groups in total. The molecule has 0 spiro atoms. The molecule has 0 aliphatic heterocycles. The molecular weight excluding hydrogens is 272 g/mol. The molecule has 2 aromatic rings. The summed E-state index contributed by atoms with van der Waals surface area (Å²) >= 11 is 5.03. The van der Waals surface area contributed by atoms with E-state index < -0.39 is 0 Å². The third-order valence-electron chi connectivity index (χ3n) is 2.13. The number of hydrogen-bond donors (Lipinski definition) is 0. The molecule has 0 atom stereocenters. The highest BCUT2D eigenvalue weighted by Crippen LogP contribution is 2.33. The number of aryl methyl sites for hydroxylation is 1. The summed E-state index contributed by atoms with van der Waals surface area (Å²) in [5.41, 5.74) is 2.36. The fraction of sp³-hybridized carbons (Fsp3) is 0.0833. The van der Waals surface area contributed by atoms with Gasteiger partial charge in [-0.2, -0.15) is 0 Å². The van der Waals surface area contributed by atoms with Gasteiger partial charge in [-0.15, -0.1) is 11.3 Å². The van der Waals surface area contributed by atoms with Crippen LogP contribution in [0.4, 0.5) is 0 Å². The van der Waals surface area contributed by atoms with Crippen molar-refractivity contribution in [3.05, 3.63) is 45.2 Å². The third-order valence-corrected chi connectivity index (χ3v) is 3.87. The van der Waals surface area contributed by atoms with E-state index in [0.717, 1.165) is 26.1 Å². The molecule has 3 heteroatoms. The van der Waals surface area contributed by atoms with Gasteiger partial charge in [0.2, 0.25) is 0 Å². The van der Waals surface area contributed by atoms with Gasteiger partial charge >= 0.3 is 0 Å². The monoisotopic (exact) mass is 280 g/mol. The number of rotatable bonds is 2. The van der Waals surface area contributed by atoms with E-state index in [1.54, 1.807) is 0 Å². The molecule has 1 aromatic carbocycles. The second-order valence-electron chi connectivity index (χ2n) is 3.30. The molecule has 1 nitrogen and oxygen atoms in total. The first-order chi connectivity index (χ1) is 7.20. The minimum absolute atomic E-state index is 0.762. The van der Waals surface area contributed by atoms with E-state index in [0.29, 0.717) is 0 Å². The van der Waals surface area contributed by atoms with Crippen molar-refractivity contribution in [1.29, 1.82) is 0 Å². The van der Waals surface area contributed by atoms with Crippen LogP contribution in [0, 0.1) is 6.92 Å². The molecule has 0 amide bonds. The van der Waals surface area contributed by atoms with E-state index >= 15 is 0 Å². The van der Waals surface area contributed by atoms with E-state index in [1.165, 1.54) is 16.9 Å². The summed E-state index contributed by atoms with van der Waals surface area (Å²) in [6.45, 7) is 2.06. The maximum atomic E-state index is 10.6. The van der Waals surface area contributed by atoms with Gasteiger partial charge in [-0.3, -0.25) is 4.79 Å². The summed E-state index contributed by atoms with van der Waals surface area (Å²) in [6, 6.07) is 10.0. The van der Waals surface area contributed by atoms with Crippen molar-refractivity contribution in [2.45, 2.75) is 6.92 Å². The standard InChI is InChI=1S/C12H9BrOS/c1-8-2-4-11(13)10(6-8)12-5-3-9(7-14)15-12/h2-7H,1H3. The first kappa shape index (κ1) is 10.6. The van der Waals surface area contributed by atoms with Crippen molar-refractivity contribution in [1.82, 2.24) is 0 Å². The molecule has 0 fully saturated rings. The minimum atomic E-state index is 0.762. The highest BCUT2D eigenvalue weighted by atomic mass is 79.9. The molecule has 0 aliphatic rings. The summed E-state index contributed by atoms with van der Waals surface area (Å²) in [7, 11) is 0. The molecule has 1 heterocycles. The SMILES string of the molecule is Cc1ccc(Br)c(-c2ccc(C=O)s2)c1. The number of halogens is 1. The predicted molar refractivity (Wildman–Crippen MR) is 67.6 cm³/mol. The Morgan fingerprint density at radius 3 is 2.73 bits per heavy atom. The van der Waals surface area contributed by atoms with Gasteiger partial charge in [0.15, 0.2) is 6.29 Å². The Kier molecular flexibility index (Phi) is 3.03. The Bertz CT molecular complexity index is 502. The molecule has 2 rings (SSSR count).